The van der Waals surface area contributed by atoms with Crippen LogP contribution >= 0.6 is 0 Å². The number of ether oxygens (including phenoxy) is 1. The van der Waals surface area contributed by atoms with Crippen molar-refractivity contribution in [2.75, 3.05) is 23.7 Å². The molecule has 1 saturated heterocycles. The van der Waals surface area contributed by atoms with Crippen LogP contribution in [0.5, 0.6) is 0 Å². The van der Waals surface area contributed by atoms with Crippen LogP contribution in [0.4, 0.5) is 16.2 Å². The first-order valence-electron chi connectivity index (χ1n) is 11.0. The Bertz CT molecular complexity index is 1070. The van der Waals surface area contributed by atoms with Gasteiger partial charge in [-0.15, -0.1) is 0 Å². The molecule has 1 aliphatic rings. The number of hydrogen-bond acceptors (Lipinski definition) is 7. The minimum absolute atomic E-state index is 0.234. The Labute approximate surface area is 188 Å². The van der Waals surface area contributed by atoms with Crippen LogP contribution in [0.2, 0.25) is 0 Å². The number of likely N-dealkylation sites (tertiary alicyclic amines) is 1. The van der Waals surface area contributed by atoms with Gasteiger partial charge in [0.2, 0.25) is 0 Å². The van der Waals surface area contributed by atoms with Crippen molar-refractivity contribution in [3.63, 3.8) is 0 Å². The number of fused-ring (bicyclic) bond motifs is 1. The molecule has 0 radical (unpaired) electrons. The van der Waals surface area contributed by atoms with E-state index in [1.54, 1.807) is 23.5 Å². The van der Waals surface area contributed by atoms with Gasteiger partial charge in [0, 0.05) is 44.3 Å². The molecular formula is C24H30N6O2. The fourth-order valence-corrected chi connectivity index (χ4v) is 3.73. The van der Waals surface area contributed by atoms with Crippen molar-refractivity contribution in [1.29, 1.82) is 0 Å². The molecule has 0 aliphatic carbocycles. The molecule has 2 aromatic heterocycles. The lowest BCUT2D eigenvalue weighted by molar-refractivity contribution is 0.0210. The zero-order chi connectivity index (χ0) is 22.6. The highest BCUT2D eigenvalue weighted by molar-refractivity contribution is 5.75. The lowest BCUT2D eigenvalue weighted by atomic mass is 10.0. The standard InChI is InChI=1S/C24H30N6O2/c1-24(2,3)32-23(31)30-12-7-18(8-13-30)29-20-6-9-25-16-22(20)28-15-17-4-5-19-21(14-17)27-11-10-26-19/h4-6,9-11,14,16,18,28H,7-8,12-13,15H2,1-3H3,(H,25,29). The number of nitrogens with zero attached hydrogens (tertiary/aromatic N) is 4. The summed E-state index contributed by atoms with van der Waals surface area (Å²) in [6, 6.07) is 8.35. The average molecular weight is 435 g/mol. The molecule has 8 heteroatoms. The molecule has 1 amide bonds. The van der Waals surface area contributed by atoms with Crippen molar-refractivity contribution in [3.05, 3.63) is 54.6 Å². The first-order valence-corrected chi connectivity index (χ1v) is 11.0. The number of aromatic nitrogens is 3. The summed E-state index contributed by atoms with van der Waals surface area (Å²) < 4.78 is 5.49. The van der Waals surface area contributed by atoms with Crippen LogP contribution in [0.1, 0.15) is 39.2 Å². The first kappa shape index (κ1) is 21.8. The van der Waals surface area contributed by atoms with Crippen molar-refractivity contribution in [3.8, 4) is 0 Å². The normalized spacial score (nSPS) is 14.9. The fourth-order valence-electron chi connectivity index (χ4n) is 3.73. The predicted molar refractivity (Wildman–Crippen MR) is 126 cm³/mol. The minimum atomic E-state index is -0.471. The van der Waals surface area contributed by atoms with Crippen molar-refractivity contribution in [2.24, 2.45) is 0 Å². The summed E-state index contributed by atoms with van der Waals surface area (Å²) in [5.74, 6) is 0. The maximum absolute atomic E-state index is 12.3. The van der Waals surface area contributed by atoms with E-state index in [-0.39, 0.29) is 12.1 Å². The van der Waals surface area contributed by atoms with Gasteiger partial charge in [0.05, 0.1) is 28.6 Å². The lowest BCUT2D eigenvalue weighted by Gasteiger charge is -2.34. The number of carbonyl (C=O) groups is 1. The van der Waals surface area contributed by atoms with Gasteiger partial charge in [-0.25, -0.2) is 4.79 Å². The third-order valence-electron chi connectivity index (χ3n) is 5.34. The number of anilines is 2. The molecule has 1 aliphatic heterocycles. The monoisotopic (exact) mass is 434 g/mol. The summed E-state index contributed by atoms with van der Waals surface area (Å²) in [6.07, 6.45) is 8.52. The van der Waals surface area contributed by atoms with Gasteiger partial charge in [0.25, 0.3) is 0 Å². The Balaban J connectivity index is 1.34. The van der Waals surface area contributed by atoms with E-state index in [9.17, 15) is 4.79 Å². The average Bonchev–Trinajstić information content (AvgIpc) is 2.78. The van der Waals surface area contributed by atoms with E-state index in [1.807, 2.05) is 45.2 Å². The van der Waals surface area contributed by atoms with Crippen molar-refractivity contribution < 1.29 is 9.53 Å². The van der Waals surface area contributed by atoms with Gasteiger partial charge in [-0.3, -0.25) is 15.0 Å². The van der Waals surface area contributed by atoms with Crippen LogP contribution in [0.25, 0.3) is 11.0 Å². The molecule has 0 bridgehead atoms. The van der Waals surface area contributed by atoms with Gasteiger partial charge < -0.3 is 20.3 Å². The number of hydrogen-bond donors (Lipinski definition) is 2. The summed E-state index contributed by atoms with van der Waals surface area (Å²) in [5.41, 5.74) is 4.38. The summed E-state index contributed by atoms with van der Waals surface area (Å²) in [4.78, 5) is 27.1. The van der Waals surface area contributed by atoms with Crippen LogP contribution in [0.3, 0.4) is 0 Å². The highest BCUT2D eigenvalue weighted by Crippen LogP contribution is 2.25. The number of piperidine rings is 1. The molecule has 0 spiro atoms. The van der Waals surface area contributed by atoms with Crippen LogP contribution in [0.15, 0.2) is 49.1 Å². The van der Waals surface area contributed by atoms with Gasteiger partial charge >= 0.3 is 6.09 Å². The Morgan fingerprint density at radius 1 is 1.06 bits per heavy atom. The van der Waals surface area contributed by atoms with E-state index in [0.717, 1.165) is 40.8 Å². The summed E-state index contributed by atoms with van der Waals surface area (Å²) in [7, 11) is 0. The van der Waals surface area contributed by atoms with Crippen molar-refractivity contribution in [2.45, 2.75) is 51.8 Å². The number of amides is 1. The SMILES string of the molecule is CC(C)(C)OC(=O)N1CCC(Nc2ccncc2NCc2ccc3nccnc3c2)CC1. The van der Waals surface area contributed by atoms with E-state index in [1.165, 1.54) is 0 Å². The number of nitrogens with one attached hydrogen (secondary N) is 2. The van der Waals surface area contributed by atoms with Gasteiger partial charge in [-0.1, -0.05) is 6.07 Å². The Morgan fingerprint density at radius 2 is 1.81 bits per heavy atom. The smallest absolute Gasteiger partial charge is 0.410 e. The molecule has 2 N–H and O–H groups in total. The highest BCUT2D eigenvalue weighted by Gasteiger charge is 2.27. The van der Waals surface area contributed by atoms with Crippen LogP contribution in [-0.2, 0) is 11.3 Å². The second kappa shape index (κ2) is 9.38. The van der Waals surface area contributed by atoms with Crippen LogP contribution in [0, 0.1) is 0 Å². The Morgan fingerprint density at radius 3 is 2.56 bits per heavy atom. The number of pyridine rings is 1. The molecule has 1 fully saturated rings. The number of carbonyl (C=O) groups excluding carboxylic acids is 1. The minimum Gasteiger partial charge on any atom is -0.444 e. The summed E-state index contributed by atoms with van der Waals surface area (Å²) in [5, 5.41) is 7.10. The van der Waals surface area contributed by atoms with E-state index in [4.69, 9.17) is 4.74 Å². The summed E-state index contributed by atoms with van der Waals surface area (Å²) >= 11 is 0. The topological polar surface area (TPSA) is 92.3 Å². The predicted octanol–water partition coefficient (Wildman–Crippen LogP) is 4.45. The van der Waals surface area contributed by atoms with Crippen LogP contribution in [-0.4, -0.2) is 50.7 Å². The molecular weight excluding hydrogens is 404 g/mol. The molecule has 168 valence electrons. The third kappa shape index (κ3) is 5.63. The molecule has 4 rings (SSSR count). The Hall–Kier alpha value is -3.42. The zero-order valence-corrected chi connectivity index (χ0v) is 18.8. The van der Waals surface area contributed by atoms with E-state index in [2.05, 4.69) is 31.7 Å². The number of benzene rings is 1. The second-order valence-corrected chi connectivity index (χ2v) is 9.04. The molecule has 0 unspecified atom stereocenters. The molecule has 3 aromatic rings. The highest BCUT2D eigenvalue weighted by atomic mass is 16.6. The van der Waals surface area contributed by atoms with E-state index >= 15 is 0 Å². The Kier molecular flexibility index (Phi) is 6.39. The lowest BCUT2D eigenvalue weighted by Crippen LogP contribution is -2.44. The molecule has 32 heavy (non-hydrogen) atoms. The quantitative estimate of drug-likeness (QED) is 0.613. The molecule has 1 aromatic carbocycles. The first-order chi connectivity index (χ1) is 15.4. The third-order valence-corrected chi connectivity index (χ3v) is 5.34. The number of rotatable bonds is 5. The molecule has 3 heterocycles. The van der Waals surface area contributed by atoms with Gasteiger partial charge in [0.1, 0.15) is 5.60 Å². The van der Waals surface area contributed by atoms with Crippen LogP contribution < -0.4 is 10.6 Å². The molecule has 8 nitrogen and oxygen atoms in total. The van der Waals surface area contributed by atoms with E-state index < -0.39 is 5.60 Å². The molecule has 0 saturated carbocycles. The maximum Gasteiger partial charge on any atom is 0.410 e. The van der Waals surface area contributed by atoms with Gasteiger partial charge in [0.15, 0.2) is 0 Å². The van der Waals surface area contributed by atoms with Gasteiger partial charge in [-0.05, 0) is 57.4 Å². The van der Waals surface area contributed by atoms with Gasteiger partial charge in [-0.2, -0.15) is 0 Å². The van der Waals surface area contributed by atoms with Crippen molar-refractivity contribution >= 4 is 28.5 Å². The fraction of sp³-hybridized carbons (Fsp3) is 0.417. The maximum atomic E-state index is 12.3. The van der Waals surface area contributed by atoms with E-state index in [0.29, 0.717) is 19.6 Å². The zero-order valence-electron chi connectivity index (χ0n) is 18.8. The summed E-state index contributed by atoms with van der Waals surface area (Å²) in [6.45, 7) is 7.69. The molecule has 0 atom stereocenters. The largest absolute Gasteiger partial charge is 0.444 e. The van der Waals surface area contributed by atoms with Crippen molar-refractivity contribution in [1.82, 2.24) is 19.9 Å². The second-order valence-electron chi connectivity index (χ2n) is 9.04.